The number of alkyl halides is 6. The Morgan fingerprint density at radius 1 is 0.646 bits per heavy atom. The van der Waals surface area contributed by atoms with E-state index in [1.54, 1.807) is 4.90 Å². The zero-order valence-corrected chi connectivity index (χ0v) is 26.1. The number of rotatable bonds is 2. The van der Waals surface area contributed by atoms with Crippen LogP contribution in [0.15, 0.2) is 36.4 Å². The number of H-pyrrole nitrogens is 2. The second-order valence-corrected chi connectivity index (χ2v) is 11.9. The maximum Gasteiger partial charge on any atom is 0.416 e. The van der Waals surface area contributed by atoms with Gasteiger partial charge >= 0.3 is 18.4 Å². The van der Waals surface area contributed by atoms with Crippen LogP contribution in [-0.4, -0.2) is 114 Å². The number of carbonyl (C=O) groups excluding carboxylic acids is 1. The SMILES string of the molecule is FC(F)(F)c1ccc2nc(N3CCCNCC3)[nH]c2c1.O=C(N1CCOCC1)N1CCCN(c2nc3ccc(C(F)(F)F)cc3[nH]2)CC1. The number of aromatic nitrogens is 4. The molecular formula is C31H37F6N9O2. The van der Waals surface area contributed by atoms with Crippen molar-refractivity contribution >= 4 is 40.0 Å². The number of fused-ring (bicyclic) bond motifs is 2. The molecule has 3 fully saturated rings. The predicted octanol–water partition coefficient (Wildman–Crippen LogP) is 4.93. The maximum absolute atomic E-state index is 12.9. The Hall–Kier alpha value is -4.25. The van der Waals surface area contributed by atoms with Gasteiger partial charge in [0.15, 0.2) is 0 Å². The third-order valence-electron chi connectivity index (χ3n) is 8.58. The average Bonchev–Trinajstić information content (AvgIpc) is 3.47. The number of carbonyl (C=O) groups is 1. The van der Waals surface area contributed by atoms with Crippen molar-refractivity contribution in [2.45, 2.75) is 25.2 Å². The van der Waals surface area contributed by atoms with Crippen molar-refractivity contribution in [2.75, 3.05) is 88.5 Å². The van der Waals surface area contributed by atoms with E-state index in [1.165, 1.54) is 12.1 Å². The maximum atomic E-state index is 12.9. The fourth-order valence-electron chi connectivity index (χ4n) is 5.98. The third-order valence-corrected chi connectivity index (χ3v) is 8.58. The van der Waals surface area contributed by atoms with Crippen LogP contribution in [0.5, 0.6) is 0 Å². The van der Waals surface area contributed by atoms with E-state index < -0.39 is 23.5 Å². The molecule has 17 heteroatoms. The number of ether oxygens (including phenoxy) is 1. The van der Waals surface area contributed by atoms with E-state index >= 15 is 0 Å². The van der Waals surface area contributed by atoms with E-state index in [-0.39, 0.29) is 6.03 Å². The minimum absolute atomic E-state index is 0.0181. The van der Waals surface area contributed by atoms with E-state index in [9.17, 15) is 31.1 Å². The lowest BCUT2D eigenvalue weighted by atomic mass is 10.2. The van der Waals surface area contributed by atoms with Crippen molar-refractivity contribution in [2.24, 2.45) is 0 Å². The first kappa shape index (κ1) is 33.6. The third kappa shape index (κ3) is 7.89. The fraction of sp³-hybridized carbons (Fsp3) is 0.516. The molecule has 2 aromatic heterocycles. The number of morpholine rings is 1. The molecule has 3 aliphatic heterocycles. The lowest BCUT2D eigenvalue weighted by Gasteiger charge is -2.32. The molecule has 0 saturated carbocycles. The van der Waals surface area contributed by atoms with E-state index in [4.69, 9.17) is 4.74 Å². The lowest BCUT2D eigenvalue weighted by Crippen LogP contribution is -2.49. The van der Waals surface area contributed by atoms with E-state index in [2.05, 4.69) is 30.2 Å². The summed E-state index contributed by atoms with van der Waals surface area (Å²) in [6.07, 6.45) is -6.96. The van der Waals surface area contributed by atoms with Gasteiger partial charge < -0.3 is 39.6 Å². The second-order valence-electron chi connectivity index (χ2n) is 11.9. The number of hydrogen-bond donors (Lipinski definition) is 3. The van der Waals surface area contributed by atoms with Gasteiger partial charge in [0.05, 0.1) is 46.4 Å². The highest BCUT2D eigenvalue weighted by molar-refractivity contribution is 5.79. The topological polar surface area (TPSA) is 109 Å². The lowest BCUT2D eigenvalue weighted by molar-refractivity contribution is -0.138. The van der Waals surface area contributed by atoms with Gasteiger partial charge in [-0.3, -0.25) is 0 Å². The Labute approximate surface area is 272 Å². The molecule has 5 heterocycles. The van der Waals surface area contributed by atoms with Crippen LogP contribution in [0, 0.1) is 0 Å². The van der Waals surface area contributed by atoms with Gasteiger partial charge in [0.25, 0.3) is 0 Å². The summed E-state index contributed by atoms with van der Waals surface area (Å²) in [5, 5.41) is 3.28. The molecule has 2 aromatic carbocycles. The van der Waals surface area contributed by atoms with E-state index in [0.717, 1.165) is 63.3 Å². The highest BCUT2D eigenvalue weighted by Gasteiger charge is 2.32. The molecule has 0 bridgehead atoms. The number of nitrogens with zero attached hydrogens (tertiary/aromatic N) is 6. The highest BCUT2D eigenvalue weighted by Crippen LogP contribution is 2.33. The number of urea groups is 1. The van der Waals surface area contributed by atoms with Crippen molar-refractivity contribution in [1.82, 2.24) is 35.1 Å². The van der Waals surface area contributed by atoms with Gasteiger partial charge in [-0.2, -0.15) is 26.3 Å². The van der Waals surface area contributed by atoms with Gasteiger partial charge in [-0.05, 0) is 55.8 Å². The van der Waals surface area contributed by atoms with Crippen molar-refractivity contribution < 1.29 is 35.9 Å². The summed E-state index contributed by atoms with van der Waals surface area (Å²) in [5.41, 5.74) is 0.479. The highest BCUT2D eigenvalue weighted by atomic mass is 19.4. The van der Waals surface area contributed by atoms with Crippen LogP contribution in [0.25, 0.3) is 22.1 Å². The van der Waals surface area contributed by atoms with Crippen molar-refractivity contribution in [3.8, 4) is 0 Å². The van der Waals surface area contributed by atoms with Gasteiger partial charge in [-0.1, -0.05) is 0 Å². The van der Waals surface area contributed by atoms with Gasteiger partial charge in [0.1, 0.15) is 0 Å². The monoisotopic (exact) mass is 681 g/mol. The summed E-state index contributed by atoms with van der Waals surface area (Å²) in [4.78, 5) is 35.2. The quantitative estimate of drug-likeness (QED) is 0.258. The average molecular weight is 682 g/mol. The Bertz CT molecular complexity index is 1690. The summed E-state index contributed by atoms with van der Waals surface area (Å²) in [7, 11) is 0. The fourth-order valence-corrected chi connectivity index (χ4v) is 5.98. The number of hydrogen-bond acceptors (Lipinski definition) is 7. The Kier molecular flexibility index (Phi) is 9.87. The standard InChI is InChI=1S/C18H22F3N5O2.C13H15F3N4/c19-18(20,21)13-2-3-14-15(12-13)23-16(22-14)24-4-1-5-25(7-6-24)17(27)26-8-10-28-11-9-26;14-13(15,16)9-2-3-10-11(8-9)19-12(18-10)20-6-1-4-17-5-7-20/h2-3,12H,1,4-11H2,(H,22,23);2-3,8,17H,1,4-7H2,(H,18,19). The van der Waals surface area contributed by atoms with Crippen molar-refractivity contribution in [3.63, 3.8) is 0 Å². The summed E-state index contributed by atoms with van der Waals surface area (Å²) in [5.74, 6) is 1.18. The molecule has 3 aliphatic rings. The predicted molar refractivity (Wildman–Crippen MR) is 168 cm³/mol. The summed E-state index contributed by atoms with van der Waals surface area (Å²) in [6.45, 7) is 8.21. The van der Waals surface area contributed by atoms with Gasteiger partial charge in [0, 0.05) is 58.9 Å². The Morgan fingerprint density at radius 2 is 1.19 bits per heavy atom. The van der Waals surface area contributed by atoms with E-state index in [0.29, 0.717) is 86.4 Å². The van der Waals surface area contributed by atoms with Crippen LogP contribution >= 0.6 is 0 Å². The number of anilines is 2. The molecule has 11 nitrogen and oxygen atoms in total. The van der Waals surface area contributed by atoms with Crippen LogP contribution in [-0.2, 0) is 17.1 Å². The molecule has 7 rings (SSSR count). The minimum Gasteiger partial charge on any atom is -0.378 e. The molecule has 0 radical (unpaired) electrons. The zero-order valence-electron chi connectivity index (χ0n) is 26.1. The molecule has 260 valence electrons. The molecule has 0 aliphatic carbocycles. The number of nitrogens with one attached hydrogen (secondary N) is 3. The van der Waals surface area contributed by atoms with Crippen molar-refractivity contribution in [3.05, 3.63) is 47.5 Å². The normalized spacial score (nSPS) is 18.5. The Morgan fingerprint density at radius 3 is 1.77 bits per heavy atom. The van der Waals surface area contributed by atoms with Gasteiger partial charge in [-0.25, -0.2) is 14.8 Å². The first-order valence-corrected chi connectivity index (χ1v) is 15.9. The number of halogens is 6. The zero-order chi connectivity index (χ0) is 33.9. The summed E-state index contributed by atoms with van der Waals surface area (Å²) in [6, 6.07) is 7.11. The smallest absolute Gasteiger partial charge is 0.378 e. The number of amides is 2. The molecular weight excluding hydrogens is 644 g/mol. The Balaban J connectivity index is 0.000000177. The largest absolute Gasteiger partial charge is 0.416 e. The molecule has 0 atom stereocenters. The molecule has 3 N–H and O–H groups in total. The summed E-state index contributed by atoms with van der Waals surface area (Å²) >= 11 is 0. The number of imidazole rings is 2. The first-order valence-electron chi connectivity index (χ1n) is 15.9. The van der Waals surface area contributed by atoms with Gasteiger partial charge in [0.2, 0.25) is 11.9 Å². The van der Waals surface area contributed by atoms with Crippen LogP contribution in [0.1, 0.15) is 24.0 Å². The molecule has 3 saturated heterocycles. The molecule has 48 heavy (non-hydrogen) atoms. The summed E-state index contributed by atoms with van der Waals surface area (Å²) < 4.78 is 82.1. The number of aromatic amines is 2. The number of benzene rings is 2. The molecule has 4 aromatic rings. The second kappa shape index (κ2) is 14.1. The van der Waals surface area contributed by atoms with Crippen molar-refractivity contribution in [1.29, 1.82) is 0 Å². The molecule has 0 unspecified atom stereocenters. The van der Waals surface area contributed by atoms with Gasteiger partial charge in [-0.15, -0.1) is 0 Å². The minimum atomic E-state index is -4.39. The van der Waals surface area contributed by atoms with E-state index in [1.807, 2.05) is 9.80 Å². The molecule has 2 amide bonds. The van der Waals surface area contributed by atoms with Crippen LogP contribution in [0.3, 0.4) is 0 Å². The van der Waals surface area contributed by atoms with Crippen LogP contribution in [0.2, 0.25) is 0 Å². The molecule has 0 spiro atoms. The van der Waals surface area contributed by atoms with Crippen LogP contribution < -0.4 is 15.1 Å². The van der Waals surface area contributed by atoms with Crippen LogP contribution in [0.4, 0.5) is 43.0 Å². The first-order chi connectivity index (χ1) is 23.0.